The van der Waals surface area contributed by atoms with E-state index in [9.17, 15) is 9.59 Å². The van der Waals surface area contributed by atoms with Crippen LogP contribution in [0.25, 0.3) is 11.0 Å². The van der Waals surface area contributed by atoms with Crippen molar-refractivity contribution < 1.29 is 13.9 Å². The fraction of sp³-hybridized carbons (Fsp3) is 0.158. The predicted molar refractivity (Wildman–Crippen MR) is 101 cm³/mol. The summed E-state index contributed by atoms with van der Waals surface area (Å²) in [5.41, 5.74) is 0.878. The van der Waals surface area contributed by atoms with Gasteiger partial charge in [-0.2, -0.15) is 0 Å². The molecule has 0 atom stereocenters. The zero-order chi connectivity index (χ0) is 18.5. The third-order valence-corrected chi connectivity index (χ3v) is 4.28. The summed E-state index contributed by atoms with van der Waals surface area (Å²) in [4.78, 5) is 23.1. The van der Waals surface area contributed by atoms with Gasteiger partial charge in [0.15, 0.2) is 6.61 Å². The zero-order valence-corrected chi connectivity index (χ0v) is 15.1. The van der Waals surface area contributed by atoms with Gasteiger partial charge in [0.25, 0.3) is 5.91 Å². The molecule has 0 aliphatic carbocycles. The number of rotatable bonds is 6. The number of ether oxygens (including phenoxy) is 1. The van der Waals surface area contributed by atoms with Crippen molar-refractivity contribution in [2.75, 3.05) is 13.2 Å². The largest absolute Gasteiger partial charge is 0.484 e. The molecule has 0 aliphatic heterocycles. The van der Waals surface area contributed by atoms with Crippen LogP contribution in [0.5, 0.6) is 5.75 Å². The molecule has 2 aromatic carbocycles. The molecule has 1 N–H and O–H groups in total. The standard InChI is InChI=1S/C19H15Cl2NO4/c20-14-4-1-12(16(21)9-14)7-8-22-18(23)11-25-15-5-2-13-3-6-19(24)26-17(13)10-15/h1-6,9-10H,7-8,11H2,(H,22,23). The molecule has 134 valence electrons. The van der Waals surface area contributed by atoms with Crippen LogP contribution in [0, 0.1) is 0 Å². The van der Waals surface area contributed by atoms with E-state index >= 15 is 0 Å². The average molecular weight is 392 g/mol. The number of hydrogen-bond donors (Lipinski definition) is 1. The topological polar surface area (TPSA) is 68.5 Å². The molecule has 1 amide bonds. The highest BCUT2D eigenvalue weighted by atomic mass is 35.5. The van der Waals surface area contributed by atoms with Gasteiger partial charge in [-0.05, 0) is 42.3 Å². The van der Waals surface area contributed by atoms with Gasteiger partial charge in [0, 0.05) is 34.1 Å². The maximum atomic E-state index is 11.9. The lowest BCUT2D eigenvalue weighted by atomic mass is 10.1. The van der Waals surface area contributed by atoms with Gasteiger partial charge in [-0.25, -0.2) is 4.79 Å². The lowest BCUT2D eigenvalue weighted by Gasteiger charge is -2.09. The normalized spacial score (nSPS) is 10.7. The van der Waals surface area contributed by atoms with Gasteiger partial charge in [-0.3, -0.25) is 4.79 Å². The summed E-state index contributed by atoms with van der Waals surface area (Å²) in [7, 11) is 0. The number of carbonyl (C=O) groups excluding carboxylic acids is 1. The van der Waals surface area contributed by atoms with E-state index in [2.05, 4.69) is 5.32 Å². The van der Waals surface area contributed by atoms with Crippen LogP contribution in [0.2, 0.25) is 10.0 Å². The number of fused-ring (bicyclic) bond motifs is 1. The van der Waals surface area contributed by atoms with Gasteiger partial charge >= 0.3 is 5.63 Å². The molecule has 7 heteroatoms. The van der Waals surface area contributed by atoms with E-state index in [0.717, 1.165) is 10.9 Å². The van der Waals surface area contributed by atoms with Crippen LogP contribution >= 0.6 is 23.2 Å². The highest BCUT2D eigenvalue weighted by Gasteiger charge is 2.06. The van der Waals surface area contributed by atoms with Crippen LogP contribution in [-0.4, -0.2) is 19.1 Å². The van der Waals surface area contributed by atoms with Crippen LogP contribution in [0.15, 0.2) is 57.7 Å². The number of nitrogens with one attached hydrogen (secondary N) is 1. The minimum absolute atomic E-state index is 0.142. The van der Waals surface area contributed by atoms with Crippen LogP contribution in [0.1, 0.15) is 5.56 Å². The van der Waals surface area contributed by atoms with E-state index in [-0.39, 0.29) is 12.5 Å². The molecule has 5 nitrogen and oxygen atoms in total. The second kappa shape index (κ2) is 8.25. The van der Waals surface area contributed by atoms with Gasteiger partial charge in [-0.15, -0.1) is 0 Å². The second-order valence-electron chi connectivity index (χ2n) is 5.58. The first kappa shape index (κ1) is 18.3. The summed E-state index contributed by atoms with van der Waals surface area (Å²) < 4.78 is 10.5. The van der Waals surface area contributed by atoms with Gasteiger partial charge in [0.2, 0.25) is 0 Å². The zero-order valence-electron chi connectivity index (χ0n) is 13.6. The van der Waals surface area contributed by atoms with E-state index in [1.54, 1.807) is 36.4 Å². The predicted octanol–water partition coefficient (Wildman–Crippen LogP) is 3.84. The Kier molecular flexibility index (Phi) is 5.81. The smallest absolute Gasteiger partial charge is 0.336 e. The Morgan fingerprint density at radius 3 is 2.69 bits per heavy atom. The average Bonchev–Trinajstić information content (AvgIpc) is 2.61. The van der Waals surface area contributed by atoms with Crippen molar-refractivity contribution in [3.63, 3.8) is 0 Å². The fourth-order valence-corrected chi connectivity index (χ4v) is 2.89. The van der Waals surface area contributed by atoms with E-state index in [1.807, 2.05) is 6.07 Å². The fourth-order valence-electron chi connectivity index (χ4n) is 2.39. The molecular weight excluding hydrogens is 377 g/mol. The minimum atomic E-state index is -0.437. The molecule has 0 radical (unpaired) electrons. The van der Waals surface area contributed by atoms with Crippen LogP contribution in [0.4, 0.5) is 0 Å². The van der Waals surface area contributed by atoms with E-state index in [0.29, 0.717) is 34.3 Å². The number of benzene rings is 2. The van der Waals surface area contributed by atoms with Crippen molar-refractivity contribution in [1.82, 2.24) is 5.32 Å². The molecule has 0 saturated carbocycles. The third kappa shape index (κ3) is 4.77. The number of halogens is 2. The Balaban J connectivity index is 1.50. The van der Waals surface area contributed by atoms with Crippen LogP contribution < -0.4 is 15.7 Å². The quantitative estimate of drug-likeness (QED) is 0.648. The summed E-state index contributed by atoms with van der Waals surface area (Å²) in [6, 6.07) is 13.3. The summed E-state index contributed by atoms with van der Waals surface area (Å²) in [6.45, 7) is 0.285. The SMILES string of the molecule is O=C(COc1ccc2ccc(=O)oc2c1)NCCc1ccc(Cl)cc1Cl. The lowest BCUT2D eigenvalue weighted by molar-refractivity contribution is -0.123. The first-order chi connectivity index (χ1) is 12.5. The van der Waals surface area contributed by atoms with Gasteiger partial charge in [-0.1, -0.05) is 29.3 Å². The Labute approximate surface area is 159 Å². The molecule has 26 heavy (non-hydrogen) atoms. The highest BCUT2D eigenvalue weighted by Crippen LogP contribution is 2.21. The van der Waals surface area contributed by atoms with E-state index < -0.39 is 5.63 Å². The van der Waals surface area contributed by atoms with Crippen LogP contribution in [-0.2, 0) is 11.2 Å². The summed E-state index contributed by atoms with van der Waals surface area (Å²) in [5.74, 6) is 0.187. The molecule has 3 aromatic rings. The molecule has 1 aromatic heterocycles. The molecular formula is C19H15Cl2NO4. The Hall–Kier alpha value is -2.50. The lowest BCUT2D eigenvalue weighted by Crippen LogP contribution is -2.30. The molecule has 3 rings (SSSR count). The number of carbonyl (C=O) groups is 1. The summed E-state index contributed by atoms with van der Waals surface area (Å²) in [5, 5.41) is 4.68. The summed E-state index contributed by atoms with van der Waals surface area (Å²) >= 11 is 11.9. The molecule has 1 heterocycles. The monoisotopic (exact) mass is 391 g/mol. The maximum absolute atomic E-state index is 11.9. The maximum Gasteiger partial charge on any atom is 0.336 e. The molecule has 0 bridgehead atoms. The van der Waals surface area contributed by atoms with Crippen molar-refractivity contribution in [3.05, 3.63) is 74.6 Å². The first-order valence-electron chi connectivity index (χ1n) is 7.88. The highest BCUT2D eigenvalue weighted by molar-refractivity contribution is 6.35. The van der Waals surface area contributed by atoms with Crippen LogP contribution in [0.3, 0.4) is 0 Å². The minimum Gasteiger partial charge on any atom is -0.484 e. The van der Waals surface area contributed by atoms with Gasteiger partial charge in [0.05, 0.1) is 0 Å². The van der Waals surface area contributed by atoms with Crippen molar-refractivity contribution in [2.45, 2.75) is 6.42 Å². The van der Waals surface area contributed by atoms with Gasteiger partial charge in [0.1, 0.15) is 11.3 Å². The Morgan fingerprint density at radius 1 is 1.08 bits per heavy atom. The molecule has 0 spiro atoms. The van der Waals surface area contributed by atoms with Crippen molar-refractivity contribution in [2.24, 2.45) is 0 Å². The molecule has 0 unspecified atom stereocenters. The van der Waals surface area contributed by atoms with E-state index in [4.69, 9.17) is 32.4 Å². The van der Waals surface area contributed by atoms with Crippen molar-refractivity contribution >= 4 is 40.1 Å². The van der Waals surface area contributed by atoms with Crippen molar-refractivity contribution in [3.8, 4) is 5.75 Å². The number of amides is 1. The Bertz CT molecular complexity index is 1000. The second-order valence-corrected chi connectivity index (χ2v) is 6.42. The molecule has 0 aliphatic rings. The van der Waals surface area contributed by atoms with Gasteiger partial charge < -0.3 is 14.5 Å². The molecule has 0 saturated heterocycles. The first-order valence-corrected chi connectivity index (χ1v) is 8.64. The summed E-state index contributed by atoms with van der Waals surface area (Å²) in [6.07, 6.45) is 0.586. The number of hydrogen-bond acceptors (Lipinski definition) is 4. The Morgan fingerprint density at radius 2 is 1.88 bits per heavy atom. The molecule has 0 fully saturated rings. The van der Waals surface area contributed by atoms with Crippen molar-refractivity contribution in [1.29, 1.82) is 0 Å². The van der Waals surface area contributed by atoms with E-state index in [1.165, 1.54) is 6.07 Å². The third-order valence-electron chi connectivity index (χ3n) is 3.70.